The van der Waals surface area contributed by atoms with Crippen molar-refractivity contribution in [3.8, 4) is 17.6 Å². The smallest absolute Gasteiger partial charge is 0.273 e. The minimum Gasteiger partial charge on any atom is -0.470 e. The first-order valence-corrected chi connectivity index (χ1v) is 9.88. The second-order valence-corrected chi connectivity index (χ2v) is 7.42. The van der Waals surface area contributed by atoms with Gasteiger partial charge in [0.15, 0.2) is 0 Å². The molecule has 0 saturated heterocycles. The maximum atomic E-state index is 12.5. The Morgan fingerprint density at radius 2 is 2.21 bits per heavy atom. The lowest BCUT2D eigenvalue weighted by molar-refractivity contribution is -0.126. The SMILES string of the molecule is COCC(C)(N)NC(=O)C(Oc1cc(C)c2ncc(C#CCO)cc2c1)SC. The number of methoxy groups -OCH3 is 1. The van der Waals surface area contributed by atoms with Crippen LogP contribution in [0.15, 0.2) is 24.4 Å². The minimum atomic E-state index is -0.993. The molecule has 1 heterocycles. The van der Waals surface area contributed by atoms with E-state index in [2.05, 4.69) is 22.1 Å². The Hall–Kier alpha value is -2.31. The molecule has 1 aromatic carbocycles. The van der Waals surface area contributed by atoms with Crippen LogP contribution in [0, 0.1) is 18.8 Å². The molecule has 0 aliphatic carbocycles. The minimum absolute atomic E-state index is 0.179. The number of rotatable bonds is 7. The monoisotopic (exact) mass is 403 g/mol. The van der Waals surface area contributed by atoms with Gasteiger partial charge in [0, 0.05) is 24.3 Å². The number of ether oxygens (including phenoxy) is 2. The van der Waals surface area contributed by atoms with Crippen molar-refractivity contribution in [3.05, 3.63) is 35.5 Å². The van der Waals surface area contributed by atoms with E-state index < -0.39 is 11.1 Å². The number of amides is 1. The Morgan fingerprint density at radius 1 is 1.46 bits per heavy atom. The molecule has 0 bridgehead atoms. The highest BCUT2D eigenvalue weighted by molar-refractivity contribution is 7.99. The van der Waals surface area contributed by atoms with E-state index in [0.717, 1.165) is 16.5 Å². The van der Waals surface area contributed by atoms with Gasteiger partial charge >= 0.3 is 0 Å². The summed E-state index contributed by atoms with van der Waals surface area (Å²) in [6.45, 7) is 3.56. The van der Waals surface area contributed by atoms with Crippen LogP contribution in [0.4, 0.5) is 0 Å². The molecule has 7 nitrogen and oxygen atoms in total. The van der Waals surface area contributed by atoms with Gasteiger partial charge in [-0.3, -0.25) is 9.78 Å². The molecule has 150 valence electrons. The number of nitrogens with one attached hydrogen (secondary N) is 1. The Balaban J connectivity index is 2.26. The summed E-state index contributed by atoms with van der Waals surface area (Å²) >= 11 is 1.26. The number of pyridine rings is 1. The summed E-state index contributed by atoms with van der Waals surface area (Å²) in [7, 11) is 1.52. The highest BCUT2D eigenvalue weighted by atomic mass is 32.2. The van der Waals surface area contributed by atoms with E-state index in [1.54, 1.807) is 19.4 Å². The molecule has 2 atom stereocenters. The zero-order valence-electron chi connectivity index (χ0n) is 16.4. The first-order chi connectivity index (χ1) is 13.3. The fourth-order valence-corrected chi connectivity index (χ4v) is 3.16. The molecule has 0 aliphatic heterocycles. The van der Waals surface area contributed by atoms with E-state index >= 15 is 0 Å². The highest BCUT2D eigenvalue weighted by Crippen LogP contribution is 2.26. The molecular weight excluding hydrogens is 378 g/mol. The number of hydrogen-bond donors (Lipinski definition) is 3. The summed E-state index contributed by atoms with van der Waals surface area (Å²) in [5.74, 6) is 5.64. The number of carbonyl (C=O) groups is 1. The number of thioether (sulfide) groups is 1. The van der Waals surface area contributed by atoms with Crippen LogP contribution in [0.5, 0.6) is 5.75 Å². The number of aromatic nitrogens is 1. The number of fused-ring (bicyclic) bond motifs is 1. The van der Waals surface area contributed by atoms with Crippen molar-refractivity contribution in [3.63, 3.8) is 0 Å². The normalized spacial score (nSPS) is 13.9. The van der Waals surface area contributed by atoms with Crippen LogP contribution in [0.25, 0.3) is 10.9 Å². The number of benzene rings is 1. The van der Waals surface area contributed by atoms with Crippen LogP contribution in [-0.2, 0) is 9.53 Å². The van der Waals surface area contributed by atoms with Crippen molar-refractivity contribution >= 4 is 28.6 Å². The lowest BCUT2D eigenvalue weighted by Gasteiger charge is -2.27. The summed E-state index contributed by atoms with van der Waals surface area (Å²) in [4.78, 5) is 17.0. The summed E-state index contributed by atoms with van der Waals surface area (Å²) in [5, 5.41) is 12.4. The van der Waals surface area contributed by atoms with Crippen molar-refractivity contribution in [1.82, 2.24) is 10.3 Å². The lowest BCUT2D eigenvalue weighted by Crippen LogP contribution is -2.59. The molecule has 1 amide bonds. The van der Waals surface area contributed by atoms with Crippen LogP contribution < -0.4 is 15.8 Å². The predicted molar refractivity (Wildman–Crippen MR) is 111 cm³/mol. The van der Waals surface area contributed by atoms with Crippen LogP contribution in [0.2, 0.25) is 0 Å². The Morgan fingerprint density at radius 3 is 2.86 bits per heavy atom. The number of aliphatic hydroxyl groups excluding tert-OH is 1. The third kappa shape index (κ3) is 5.84. The predicted octanol–water partition coefficient (Wildman–Crippen LogP) is 1.39. The third-order valence-corrected chi connectivity index (χ3v) is 4.52. The van der Waals surface area contributed by atoms with Gasteiger partial charge in [-0.1, -0.05) is 11.8 Å². The molecule has 0 fully saturated rings. The first kappa shape index (κ1) is 22.0. The summed E-state index contributed by atoms with van der Waals surface area (Å²) in [6, 6.07) is 5.52. The molecule has 0 aliphatic rings. The topological polar surface area (TPSA) is 107 Å². The molecular formula is C20H25N3O4S. The summed E-state index contributed by atoms with van der Waals surface area (Å²) in [5.41, 5.74) is 6.66. The quantitative estimate of drug-likeness (QED) is 0.474. The first-order valence-electron chi connectivity index (χ1n) is 8.59. The number of aliphatic hydroxyl groups is 1. The average Bonchev–Trinajstić information content (AvgIpc) is 2.63. The van der Waals surface area contributed by atoms with Crippen molar-refractivity contribution < 1.29 is 19.4 Å². The van der Waals surface area contributed by atoms with Gasteiger partial charge in [-0.15, -0.1) is 11.8 Å². The fourth-order valence-electron chi connectivity index (χ4n) is 2.68. The molecule has 4 N–H and O–H groups in total. The van der Waals surface area contributed by atoms with E-state index in [9.17, 15) is 4.79 Å². The van der Waals surface area contributed by atoms with Crippen LogP contribution in [-0.4, -0.2) is 53.7 Å². The van der Waals surface area contributed by atoms with E-state index in [0.29, 0.717) is 11.3 Å². The van der Waals surface area contributed by atoms with E-state index in [1.165, 1.54) is 18.9 Å². The van der Waals surface area contributed by atoms with Crippen molar-refractivity contribution in [2.24, 2.45) is 5.73 Å². The molecule has 8 heteroatoms. The number of nitrogens with two attached hydrogens (primary N) is 1. The van der Waals surface area contributed by atoms with Crippen LogP contribution in [0.1, 0.15) is 18.1 Å². The Labute approximate surface area is 169 Å². The lowest BCUT2D eigenvalue weighted by atomic mass is 10.1. The largest absolute Gasteiger partial charge is 0.470 e. The van der Waals surface area contributed by atoms with Crippen molar-refractivity contribution in [2.45, 2.75) is 24.9 Å². The van der Waals surface area contributed by atoms with Gasteiger partial charge in [0.2, 0.25) is 5.44 Å². The van der Waals surface area contributed by atoms with Crippen molar-refractivity contribution in [1.29, 1.82) is 0 Å². The van der Waals surface area contributed by atoms with Gasteiger partial charge in [-0.2, -0.15) is 0 Å². The van der Waals surface area contributed by atoms with Gasteiger partial charge < -0.3 is 25.6 Å². The highest BCUT2D eigenvalue weighted by Gasteiger charge is 2.27. The molecule has 0 saturated carbocycles. The van der Waals surface area contributed by atoms with Gasteiger partial charge in [-0.25, -0.2) is 0 Å². The number of hydrogen-bond acceptors (Lipinski definition) is 7. The number of carbonyl (C=O) groups excluding carboxylic acids is 1. The van der Waals surface area contributed by atoms with Gasteiger partial charge in [0.1, 0.15) is 18.0 Å². The zero-order valence-corrected chi connectivity index (χ0v) is 17.2. The second kappa shape index (κ2) is 9.75. The van der Waals surface area contributed by atoms with Crippen LogP contribution >= 0.6 is 11.8 Å². The van der Waals surface area contributed by atoms with E-state index in [4.69, 9.17) is 20.3 Å². The molecule has 2 unspecified atom stereocenters. The van der Waals surface area contributed by atoms with Gasteiger partial charge in [0.05, 0.1) is 12.1 Å². The maximum absolute atomic E-state index is 12.5. The molecule has 0 radical (unpaired) electrons. The van der Waals surface area contributed by atoms with E-state index in [1.807, 2.05) is 25.1 Å². The second-order valence-electron chi connectivity index (χ2n) is 6.52. The molecule has 0 spiro atoms. The Kier molecular flexibility index (Phi) is 7.66. The Bertz CT molecular complexity index is 905. The molecule has 28 heavy (non-hydrogen) atoms. The molecule has 2 aromatic rings. The fraction of sp³-hybridized carbons (Fsp3) is 0.400. The van der Waals surface area contributed by atoms with Crippen molar-refractivity contribution in [2.75, 3.05) is 26.6 Å². The molecule has 2 rings (SSSR count). The standard InChI is InChI=1S/C20H25N3O4S/c1-13-8-16(10-15-9-14(6-5-7-24)11-22-17(13)15)27-19(28-4)18(25)23-20(2,21)12-26-3/h8-11,19,24H,7,12,21H2,1-4H3,(H,23,25). The van der Waals surface area contributed by atoms with E-state index in [-0.39, 0.29) is 19.1 Å². The number of nitrogens with zero attached hydrogens (tertiary/aromatic N) is 1. The summed E-state index contributed by atoms with van der Waals surface area (Å²) < 4.78 is 10.9. The van der Waals surface area contributed by atoms with Crippen LogP contribution in [0.3, 0.4) is 0 Å². The summed E-state index contributed by atoms with van der Waals surface area (Å²) in [6.07, 6.45) is 3.45. The van der Waals surface area contributed by atoms with Gasteiger partial charge in [-0.05, 0) is 43.9 Å². The molecule has 1 aromatic heterocycles. The van der Waals surface area contributed by atoms with Gasteiger partial charge in [0.25, 0.3) is 5.91 Å². The maximum Gasteiger partial charge on any atom is 0.273 e. The number of aryl methyl sites for hydroxylation is 1. The zero-order chi connectivity index (χ0) is 20.7. The average molecular weight is 404 g/mol. The third-order valence-electron chi connectivity index (χ3n) is 3.78.